The molecule has 138 valence electrons. The zero-order chi connectivity index (χ0) is 18.8. The van der Waals surface area contributed by atoms with Crippen LogP contribution in [-0.2, 0) is 20.8 Å². The van der Waals surface area contributed by atoms with Crippen molar-refractivity contribution in [3.05, 3.63) is 35.6 Å². The topological polar surface area (TPSA) is 99.9 Å². The Labute approximate surface area is 151 Å². The molecule has 26 heavy (non-hydrogen) atoms. The van der Waals surface area contributed by atoms with Crippen molar-refractivity contribution in [3.63, 3.8) is 0 Å². The maximum Gasteiger partial charge on any atom is 0.326 e. The summed E-state index contributed by atoms with van der Waals surface area (Å²) >= 11 is 0. The third kappa shape index (κ3) is 3.42. The van der Waals surface area contributed by atoms with Crippen LogP contribution in [0.25, 0.3) is 11.0 Å². The number of nitrogens with one attached hydrogen (secondary N) is 1. The van der Waals surface area contributed by atoms with E-state index in [1.165, 1.54) is 18.2 Å². The van der Waals surface area contributed by atoms with E-state index in [0.717, 1.165) is 16.5 Å². The van der Waals surface area contributed by atoms with Crippen LogP contribution < -0.4 is 5.32 Å². The molecule has 2 amide bonds. The van der Waals surface area contributed by atoms with Crippen LogP contribution in [0.4, 0.5) is 0 Å². The van der Waals surface area contributed by atoms with E-state index in [4.69, 9.17) is 4.42 Å². The van der Waals surface area contributed by atoms with Crippen molar-refractivity contribution in [2.24, 2.45) is 5.92 Å². The van der Waals surface area contributed by atoms with E-state index in [1.807, 2.05) is 25.1 Å². The van der Waals surface area contributed by atoms with Crippen molar-refractivity contribution in [1.82, 2.24) is 10.2 Å². The Kier molecular flexibility index (Phi) is 4.97. The molecule has 0 saturated carbocycles. The van der Waals surface area contributed by atoms with Gasteiger partial charge in [-0.25, -0.2) is 4.79 Å². The Morgan fingerprint density at radius 2 is 2.08 bits per heavy atom. The average molecular weight is 358 g/mol. The van der Waals surface area contributed by atoms with Crippen molar-refractivity contribution < 1.29 is 23.9 Å². The zero-order valence-electron chi connectivity index (χ0n) is 14.8. The van der Waals surface area contributed by atoms with Crippen LogP contribution >= 0.6 is 0 Å². The van der Waals surface area contributed by atoms with Crippen molar-refractivity contribution in [3.8, 4) is 0 Å². The number of piperidine rings is 1. The Bertz CT molecular complexity index is 857. The number of aryl methyl sites for hydroxylation is 1. The highest BCUT2D eigenvalue weighted by Crippen LogP contribution is 2.26. The molecule has 1 aliphatic rings. The lowest BCUT2D eigenvalue weighted by Gasteiger charge is -2.36. The summed E-state index contributed by atoms with van der Waals surface area (Å²) in [7, 11) is 1.54. The van der Waals surface area contributed by atoms with Gasteiger partial charge in [0, 0.05) is 24.5 Å². The normalized spacial score (nSPS) is 20.2. The monoisotopic (exact) mass is 358 g/mol. The second-order valence-corrected chi connectivity index (χ2v) is 6.73. The Morgan fingerprint density at radius 1 is 1.31 bits per heavy atom. The van der Waals surface area contributed by atoms with Crippen LogP contribution in [-0.4, -0.2) is 47.4 Å². The Balaban J connectivity index is 1.82. The summed E-state index contributed by atoms with van der Waals surface area (Å²) in [4.78, 5) is 37.6. The van der Waals surface area contributed by atoms with Gasteiger partial charge in [0.25, 0.3) is 0 Å². The van der Waals surface area contributed by atoms with E-state index in [0.29, 0.717) is 12.0 Å². The summed E-state index contributed by atoms with van der Waals surface area (Å²) < 4.78 is 5.52. The number of aliphatic carboxylic acids is 1. The summed E-state index contributed by atoms with van der Waals surface area (Å²) in [5.41, 5.74) is 2.47. The van der Waals surface area contributed by atoms with Crippen LogP contribution in [0.15, 0.2) is 28.9 Å². The zero-order valence-corrected chi connectivity index (χ0v) is 14.8. The predicted molar refractivity (Wildman–Crippen MR) is 94.6 cm³/mol. The highest BCUT2D eigenvalue weighted by molar-refractivity contribution is 5.90. The molecule has 0 radical (unpaired) electrons. The molecular formula is C19H22N2O5. The number of furan rings is 1. The van der Waals surface area contributed by atoms with Crippen LogP contribution in [0.2, 0.25) is 0 Å². The number of benzene rings is 1. The summed E-state index contributed by atoms with van der Waals surface area (Å²) in [5, 5.41) is 12.9. The van der Waals surface area contributed by atoms with Gasteiger partial charge in [-0.05, 0) is 31.4 Å². The van der Waals surface area contributed by atoms with E-state index >= 15 is 0 Å². The van der Waals surface area contributed by atoms with E-state index in [-0.39, 0.29) is 37.1 Å². The van der Waals surface area contributed by atoms with Gasteiger partial charge < -0.3 is 19.7 Å². The largest absolute Gasteiger partial charge is 0.480 e. The van der Waals surface area contributed by atoms with Crippen LogP contribution in [0.3, 0.4) is 0 Å². The van der Waals surface area contributed by atoms with E-state index < -0.39 is 12.0 Å². The Hall–Kier alpha value is -2.83. The van der Waals surface area contributed by atoms with Gasteiger partial charge in [0.15, 0.2) is 0 Å². The second kappa shape index (κ2) is 7.19. The number of hydrogen-bond donors (Lipinski definition) is 2. The average Bonchev–Trinajstić information content (AvgIpc) is 3.02. The van der Waals surface area contributed by atoms with Gasteiger partial charge in [-0.2, -0.15) is 0 Å². The number of rotatable bonds is 4. The van der Waals surface area contributed by atoms with Gasteiger partial charge >= 0.3 is 5.97 Å². The molecule has 2 N–H and O–H groups in total. The number of fused-ring (bicyclic) bond motifs is 1. The summed E-state index contributed by atoms with van der Waals surface area (Å²) in [6, 6.07) is 4.83. The summed E-state index contributed by atoms with van der Waals surface area (Å²) in [6.45, 7) is 2.07. The lowest BCUT2D eigenvalue weighted by atomic mass is 9.91. The molecule has 1 aromatic carbocycles. The number of carbonyl (C=O) groups is 3. The summed E-state index contributed by atoms with van der Waals surface area (Å²) in [5.74, 6) is -1.91. The molecule has 1 fully saturated rings. The van der Waals surface area contributed by atoms with Crippen LogP contribution in [0, 0.1) is 12.8 Å². The maximum atomic E-state index is 12.8. The smallest absolute Gasteiger partial charge is 0.326 e. The molecule has 2 heterocycles. The van der Waals surface area contributed by atoms with Crippen molar-refractivity contribution in [1.29, 1.82) is 0 Å². The fraction of sp³-hybridized carbons (Fsp3) is 0.421. The molecule has 3 rings (SSSR count). The van der Waals surface area contributed by atoms with Crippen molar-refractivity contribution in [2.75, 3.05) is 13.6 Å². The molecule has 0 bridgehead atoms. The first-order valence-corrected chi connectivity index (χ1v) is 8.61. The van der Waals surface area contributed by atoms with Gasteiger partial charge in [-0.3, -0.25) is 9.59 Å². The highest BCUT2D eigenvalue weighted by atomic mass is 16.4. The minimum Gasteiger partial charge on any atom is -0.480 e. The molecule has 2 atom stereocenters. The molecule has 2 aromatic rings. The highest BCUT2D eigenvalue weighted by Gasteiger charge is 2.38. The lowest BCUT2D eigenvalue weighted by Crippen LogP contribution is -2.53. The SMILES string of the molecule is CNC(=O)[C@H]1CC[C@@H](C(=O)O)N(C(=O)Cc2coc3cc(C)ccc23)C1. The molecule has 7 nitrogen and oxygen atoms in total. The van der Waals surface area contributed by atoms with Crippen molar-refractivity contribution >= 4 is 28.8 Å². The first-order chi connectivity index (χ1) is 12.4. The standard InChI is InChI=1S/C19H22N2O5/c1-11-3-5-14-13(10-26-16(14)7-11)8-17(22)21-9-12(18(23)20-2)4-6-15(21)19(24)25/h3,5,7,10,12,15H,4,6,8-9H2,1-2H3,(H,20,23)(H,24,25)/t12-,15-/m0/s1. The first-order valence-electron chi connectivity index (χ1n) is 8.61. The molecule has 1 aromatic heterocycles. The minimum atomic E-state index is -1.04. The number of carboxylic acids is 1. The number of carboxylic acid groups (broad SMARTS) is 1. The maximum absolute atomic E-state index is 12.8. The van der Waals surface area contributed by atoms with Gasteiger partial charge in [-0.15, -0.1) is 0 Å². The third-order valence-corrected chi connectivity index (χ3v) is 4.96. The fourth-order valence-electron chi connectivity index (χ4n) is 3.51. The molecule has 7 heteroatoms. The lowest BCUT2D eigenvalue weighted by molar-refractivity contribution is -0.154. The quantitative estimate of drug-likeness (QED) is 0.867. The molecule has 1 saturated heterocycles. The first kappa shape index (κ1) is 18.0. The second-order valence-electron chi connectivity index (χ2n) is 6.73. The molecule has 0 aliphatic carbocycles. The van der Waals surface area contributed by atoms with Gasteiger partial charge in [0.2, 0.25) is 11.8 Å². The number of hydrogen-bond acceptors (Lipinski definition) is 4. The number of nitrogens with zero attached hydrogens (tertiary/aromatic N) is 1. The fourth-order valence-corrected chi connectivity index (χ4v) is 3.51. The van der Waals surface area contributed by atoms with E-state index in [9.17, 15) is 19.5 Å². The van der Waals surface area contributed by atoms with Gasteiger partial charge in [-0.1, -0.05) is 12.1 Å². The molecular weight excluding hydrogens is 336 g/mol. The molecule has 1 aliphatic heterocycles. The molecule has 0 unspecified atom stereocenters. The number of likely N-dealkylation sites (tertiary alicyclic amines) is 1. The van der Waals surface area contributed by atoms with Gasteiger partial charge in [0.05, 0.1) is 18.6 Å². The van der Waals surface area contributed by atoms with Crippen LogP contribution in [0.5, 0.6) is 0 Å². The molecule has 0 spiro atoms. The van der Waals surface area contributed by atoms with E-state index in [1.54, 1.807) is 0 Å². The van der Waals surface area contributed by atoms with Crippen molar-refractivity contribution in [2.45, 2.75) is 32.2 Å². The number of amides is 2. The third-order valence-electron chi connectivity index (χ3n) is 4.96. The van der Waals surface area contributed by atoms with Crippen LogP contribution in [0.1, 0.15) is 24.0 Å². The number of carbonyl (C=O) groups excluding carboxylic acids is 2. The van der Waals surface area contributed by atoms with E-state index in [2.05, 4.69) is 5.32 Å². The minimum absolute atomic E-state index is 0.0420. The van der Waals surface area contributed by atoms with Gasteiger partial charge in [0.1, 0.15) is 11.6 Å². The summed E-state index contributed by atoms with van der Waals surface area (Å²) in [6.07, 6.45) is 2.30. The predicted octanol–water partition coefficient (Wildman–Crippen LogP) is 1.72. The Morgan fingerprint density at radius 3 is 2.77 bits per heavy atom.